The quantitative estimate of drug-likeness (QED) is 0.909. The number of hydrogen-bond donors (Lipinski definition) is 1. The van der Waals surface area contributed by atoms with Crippen LogP contribution in [0.25, 0.3) is 0 Å². The summed E-state index contributed by atoms with van der Waals surface area (Å²) in [4.78, 5) is 14.4. The first kappa shape index (κ1) is 16.7. The van der Waals surface area contributed by atoms with E-state index in [1.165, 1.54) is 0 Å². The van der Waals surface area contributed by atoms with Crippen LogP contribution in [0.3, 0.4) is 0 Å². The molecule has 1 aromatic heterocycles. The Hall–Kier alpha value is -2.18. The SMILES string of the molecule is Cc1cc(C(=O)N(Cc2ccccc2)CC2(O)CCOC2C)on1. The molecule has 0 bridgehead atoms. The monoisotopic (exact) mass is 330 g/mol. The maximum atomic E-state index is 12.8. The van der Waals surface area contributed by atoms with Gasteiger partial charge in [0.2, 0.25) is 5.76 Å². The number of nitrogens with zero attached hydrogens (tertiary/aromatic N) is 2. The minimum Gasteiger partial charge on any atom is -0.385 e. The van der Waals surface area contributed by atoms with Gasteiger partial charge in [0.05, 0.1) is 18.3 Å². The van der Waals surface area contributed by atoms with Crippen LogP contribution in [-0.2, 0) is 11.3 Å². The molecule has 2 heterocycles. The lowest BCUT2D eigenvalue weighted by Crippen LogP contribution is -2.49. The van der Waals surface area contributed by atoms with Crippen LogP contribution < -0.4 is 0 Å². The summed E-state index contributed by atoms with van der Waals surface area (Å²) in [5.74, 6) is -0.106. The van der Waals surface area contributed by atoms with Crippen LogP contribution in [0.5, 0.6) is 0 Å². The molecule has 2 aromatic rings. The second-order valence-electron chi connectivity index (χ2n) is 6.35. The van der Waals surface area contributed by atoms with E-state index in [-0.39, 0.29) is 24.3 Å². The van der Waals surface area contributed by atoms with Crippen molar-refractivity contribution < 1.29 is 19.2 Å². The van der Waals surface area contributed by atoms with E-state index in [9.17, 15) is 9.90 Å². The summed E-state index contributed by atoms with van der Waals surface area (Å²) in [6.45, 7) is 4.65. The highest BCUT2D eigenvalue weighted by molar-refractivity contribution is 5.91. The fourth-order valence-corrected chi connectivity index (χ4v) is 2.93. The van der Waals surface area contributed by atoms with Gasteiger partial charge >= 0.3 is 0 Å². The van der Waals surface area contributed by atoms with Crippen LogP contribution in [-0.4, -0.2) is 45.9 Å². The maximum absolute atomic E-state index is 12.8. The van der Waals surface area contributed by atoms with E-state index >= 15 is 0 Å². The summed E-state index contributed by atoms with van der Waals surface area (Å²) in [5, 5.41) is 14.6. The van der Waals surface area contributed by atoms with E-state index in [0.29, 0.717) is 25.3 Å². The molecule has 3 rings (SSSR count). The average molecular weight is 330 g/mol. The van der Waals surface area contributed by atoms with Crippen LogP contribution in [0.4, 0.5) is 0 Å². The third-order valence-electron chi connectivity index (χ3n) is 4.47. The van der Waals surface area contributed by atoms with Gasteiger partial charge in [0.1, 0.15) is 5.60 Å². The van der Waals surface area contributed by atoms with Crippen molar-refractivity contribution in [2.75, 3.05) is 13.2 Å². The molecule has 1 aromatic carbocycles. The number of ether oxygens (including phenoxy) is 1. The molecule has 6 nitrogen and oxygen atoms in total. The number of rotatable bonds is 5. The molecule has 2 unspecified atom stereocenters. The van der Waals surface area contributed by atoms with Crippen molar-refractivity contribution in [2.24, 2.45) is 0 Å². The Morgan fingerprint density at radius 2 is 2.17 bits per heavy atom. The molecule has 1 aliphatic heterocycles. The number of carbonyl (C=O) groups excluding carboxylic acids is 1. The fraction of sp³-hybridized carbons (Fsp3) is 0.444. The van der Waals surface area contributed by atoms with Gasteiger partial charge in [-0.05, 0) is 19.4 Å². The number of aryl methyl sites for hydroxylation is 1. The third kappa shape index (κ3) is 3.49. The summed E-state index contributed by atoms with van der Waals surface area (Å²) < 4.78 is 10.6. The minimum atomic E-state index is -1.06. The highest BCUT2D eigenvalue weighted by Gasteiger charge is 2.42. The van der Waals surface area contributed by atoms with Crippen LogP contribution in [0.1, 0.15) is 35.2 Å². The van der Waals surface area contributed by atoms with E-state index < -0.39 is 5.60 Å². The summed E-state index contributed by atoms with van der Waals surface area (Å²) in [5.41, 5.74) is 0.575. The third-order valence-corrected chi connectivity index (χ3v) is 4.47. The van der Waals surface area contributed by atoms with Gasteiger partial charge in [0.25, 0.3) is 5.91 Å². The van der Waals surface area contributed by atoms with Crippen LogP contribution >= 0.6 is 0 Å². The predicted octanol–water partition coefficient (Wildman–Crippen LogP) is 2.17. The molecule has 24 heavy (non-hydrogen) atoms. The molecule has 0 spiro atoms. The number of aromatic nitrogens is 1. The molecular formula is C18H22N2O4. The van der Waals surface area contributed by atoms with Crippen molar-refractivity contribution >= 4 is 5.91 Å². The molecule has 128 valence electrons. The number of hydrogen-bond acceptors (Lipinski definition) is 5. The van der Waals surface area contributed by atoms with Crippen molar-refractivity contribution in [1.82, 2.24) is 10.1 Å². The number of aliphatic hydroxyl groups is 1. The second kappa shape index (κ2) is 6.75. The Balaban J connectivity index is 1.84. The molecule has 1 N–H and O–H groups in total. The Bertz CT molecular complexity index is 700. The topological polar surface area (TPSA) is 75.8 Å². The summed E-state index contributed by atoms with van der Waals surface area (Å²) >= 11 is 0. The van der Waals surface area contributed by atoms with Gasteiger partial charge in [-0.1, -0.05) is 35.5 Å². The smallest absolute Gasteiger partial charge is 0.292 e. The Labute approximate surface area is 141 Å². The molecule has 6 heteroatoms. The summed E-state index contributed by atoms with van der Waals surface area (Å²) in [7, 11) is 0. The van der Waals surface area contributed by atoms with E-state index in [1.54, 1.807) is 17.9 Å². The summed E-state index contributed by atoms with van der Waals surface area (Å²) in [6, 6.07) is 11.3. The zero-order valence-corrected chi connectivity index (χ0v) is 13.9. The van der Waals surface area contributed by atoms with Gasteiger partial charge in [-0.2, -0.15) is 0 Å². The molecule has 0 radical (unpaired) electrons. The molecule has 0 saturated carbocycles. The van der Waals surface area contributed by atoms with Crippen molar-refractivity contribution in [3.05, 3.63) is 53.4 Å². The van der Waals surface area contributed by atoms with Crippen LogP contribution in [0.15, 0.2) is 40.9 Å². The largest absolute Gasteiger partial charge is 0.385 e. The van der Waals surface area contributed by atoms with Gasteiger partial charge in [-0.3, -0.25) is 4.79 Å². The van der Waals surface area contributed by atoms with Crippen LogP contribution in [0.2, 0.25) is 0 Å². The Morgan fingerprint density at radius 1 is 1.42 bits per heavy atom. The fourth-order valence-electron chi connectivity index (χ4n) is 2.93. The Morgan fingerprint density at radius 3 is 2.75 bits per heavy atom. The second-order valence-corrected chi connectivity index (χ2v) is 6.35. The highest BCUT2D eigenvalue weighted by atomic mass is 16.5. The first-order chi connectivity index (χ1) is 11.5. The normalized spacial score (nSPS) is 23.4. The lowest BCUT2D eigenvalue weighted by molar-refractivity contribution is -0.0462. The molecule has 1 aliphatic rings. The van der Waals surface area contributed by atoms with Gasteiger partial charge in [0, 0.05) is 25.6 Å². The van der Waals surface area contributed by atoms with Gasteiger partial charge in [-0.15, -0.1) is 0 Å². The van der Waals surface area contributed by atoms with Gasteiger partial charge in [0.15, 0.2) is 0 Å². The molecule has 1 fully saturated rings. The minimum absolute atomic E-state index is 0.179. The standard InChI is InChI=1S/C18H22N2O4/c1-13-10-16(24-19-13)17(21)20(11-15-6-4-3-5-7-15)12-18(22)8-9-23-14(18)2/h3-7,10,14,22H,8-9,11-12H2,1-2H3. The number of amides is 1. The zero-order valence-electron chi connectivity index (χ0n) is 13.9. The van der Waals surface area contributed by atoms with Gasteiger partial charge in [-0.25, -0.2) is 0 Å². The van der Waals surface area contributed by atoms with E-state index in [2.05, 4.69) is 5.16 Å². The molecule has 0 aliphatic carbocycles. The predicted molar refractivity (Wildman–Crippen MR) is 87.4 cm³/mol. The maximum Gasteiger partial charge on any atom is 0.292 e. The highest BCUT2D eigenvalue weighted by Crippen LogP contribution is 2.28. The van der Waals surface area contributed by atoms with Crippen LogP contribution in [0, 0.1) is 6.92 Å². The average Bonchev–Trinajstić information content (AvgIpc) is 3.14. The molecule has 1 amide bonds. The number of benzene rings is 1. The lowest BCUT2D eigenvalue weighted by atomic mass is 9.95. The molecule has 1 saturated heterocycles. The Kier molecular flexibility index (Phi) is 4.69. The number of carbonyl (C=O) groups is 1. The van der Waals surface area contributed by atoms with Crippen molar-refractivity contribution in [3.63, 3.8) is 0 Å². The van der Waals surface area contributed by atoms with Crippen molar-refractivity contribution in [3.8, 4) is 0 Å². The summed E-state index contributed by atoms with van der Waals surface area (Å²) in [6.07, 6.45) is 0.183. The van der Waals surface area contributed by atoms with Crippen molar-refractivity contribution in [2.45, 2.75) is 38.5 Å². The molecule has 2 atom stereocenters. The lowest BCUT2D eigenvalue weighted by Gasteiger charge is -2.33. The molecular weight excluding hydrogens is 308 g/mol. The first-order valence-corrected chi connectivity index (χ1v) is 8.08. The zero-order chi connectivity index (χ0) is 17.2. The first-order valence-electron chi connectivity index (χ1n) is 8.08. The van der Waals surface area contributed by atoms with E-state index in [0.717, 1.165) is 5.56 Å². The van der Waals surface area contributed by atoms with E-state index in [1.807, 2.05) is 37.3 Å². The van der Waals surface area contributed by atoms with Gasteiger partial charge < -0.3 is 19.3 Å². The van der Waals surface area contributed by atoms with E-state index in [4.69, 9.17) is 9.26 Å². The van der Waals surface area contributed by atoms with Crippen molar-refractivity contribution in [1.29, 1.82) is 0 Å².